The first-order chi connectivity index (χ1) is 9.60. The molecule has 1 aliphatic rings. The molecule has 0 saturated heterocycles. The number of hydrogen-bond acceptors (Lipinski definition) is 2. The second-order valence-electron chi connectivity index (χ2n) is 4.51. The van der Waals surface area contributed by atoms with Crippen molar-refractivity contribution in [3.8, 4) is 6.07 Å². The van der Waals surface area contributed by atoms with Crippen molar-refractivity contribution in [1.82, 2.24) is 0 Å². The molecule has 0 saturated carbocycles. The number of hydrogen-bond donors (Lipinski definition) is 1. The first kappa shape index (κ1) is 12.3. The van der Waals surface area contributed by atoms with E-state index in [2.05, 4.69) is 0 Å². The lowest BCUT2D eigenvalue weighted by atomic mass is 10.1. The number of nitriles is 1. The molecule has 0 amide bonds. The van der Waals surface area contributed by atoms with Gasteiger partial charge in [-0.15, -0.1) is 0 Å². The van der Waals surface area contributed by atoms with Crippen LogP contribution < -0.4 is 4.90 Å². The van der Waals surface area contributed by atoms with E-state index in [-0.39, 0.29) is 11.4 Å². The first-order valence-electron chi connectivity index (χ1n) is 5.94. The Morgan fingerprint density at radius 3 is 2.70 bits per heavy atom. The highest BCUT2D eigenvalue weighted by atomic mass is 19.1. The third kappa shape index (κ3) is 1.82. The van der Waals surface area contributed by atoms with E-state index in [0.717, 1.165) is 5.56 Å². The number of anilines is 1. The monoisotopic (exact) mass is 269 g/mol. The Kier molecular flexibility index (Phi) is 2.72. The largest absolute Gasteiger partial charge is 0.322 e. The molecule has 2 aromatic carbocycles. The van der Waals surface area contributed by atoms with Crippen molar-refractivity contribution in [3.63, 3.8) is 0 Å². The summed E-state index contributed by atoms with van der Waals surface area (Å²) in [6.07, 6.45) is 0. The lowest BCUT2D eigenvalue weighted by Gasteiger charge is -2.18. The van der Waals surface area contributed by atoms with Crippen LogP contribution in [0.25, 0.3) is 0 Å². The topological polar surface area (TPSA) is 50.9 Å². The van der Waals surface area contributed by atoms with Crippen LogP contribution in [0.2, 0.25) is 0 Å². The molecule has 0 atom stereocenters. The van der Waals surface area contributed by atoms with Gasteiger partial charge in [-0.2, -0.15) is 5.26 Å². The number of benzene rings is 2. The Labute approximate surface area is 114 Å². The number of fused-ring (bicyclic) bond motifs is 1. The van der Waals surface area contributed by atoms with Gasteiger partial charge in [0.2, 0.25) is 0 Å². The molecule has 0 bridgehead atoms. The van der Waals surface area contributed by atoms with E-state index in [1.165, 1.54) is 30.3 Å². The summed E-state index contributed by atoms with van der Waals surface area (Å²) in [4.78, 5) is 1.62. The molecule has 1 N–H and O–H groups in total. The van der Waals surface area contributed by atoms with E-state index in [4.69, 9.17) is 10.7 Å². The van der Waals surface area contributed by atoms with Gasteiger partial charge in [0.25, 0.3) is 0 Å². The quantitative estimate of drug-likeness (QED) is 0.864. The summed E-state index contributed by atoms with van der Waals surface area (Å²) in [5, 5.41) is 16.9. The summed E-state index contributed by atoms with van der Waals surface area (Å²) >= 11 is 0. The van der Waals surface area contributed by atoms with Gasteiger partial charge in [0.1, 0.15) is 23.5 Å². The van der Waals surface area contributed by atoms with Crippen LogP contribution in [0.4, 0.5) is 14.5 Å². The van der Waals surface area contributed by atoms with Gasteiger partial charge in [-0.05, 0) is 35.9 Å². The minimum absolute atomic E-state index is 0.0718. The van der Waals surface area contributed by atoms with Crippen LogP contribution in [-0.2, 0) is 6.54 Å². The average molecular weight is 269 g/mol. The van der Waals surface area contributed by atoms with Gasteiger partial charge in [-0.1, -0.05) is 6.07 Å². The number of halogens is 2. The zero-order valence-electron chi connectivity index (χ0n) is 10.3. The molecular weight excluding hydrogens is 260 g/mol. The summed E-state index contributed by atoms with van der Waals surface area (Å²) < 4.78 is 26.6. The molecule has 0 unspecified atom stereocenters. The third-order valence-electron chi connectivity index (χ3n) is 3.31. The smallest absolute Gasteiger partial charge is 0.141 e. The molecule has 3 rings (SSSR count). The van der Waals surface area contributed by atoms with Gasteiger partial charge in [-0.25, -0.2) is 8.78 Å². The summed E-state index contributed by atoms with van der Waals surface area (Å²) in [5.41, 5.74) is 1.83. The van der Waals surface area contributed by atoms with Crippen LogP contribution in [0.1, 0.15) is 16.7 Å². The van der Waals surface area contributed by atoms with Crippen molar-refractivity contribution in [2.45, 2.75) is 6.54 Å². The fraction of sp³-hybridized carbons (Fsp3) is 0.0667. The highest BCUT2D eigenvalue weighted by Crippen LogP contribution is 2.29. The molecule has 0 spiro atoms. The highest BCUT2D eigenvalue weighted by Gasteiger charge is 2.26. The molecule has 1 heterocycles. The van der Waals surface area contributed by atoms with Crippen LogP contribution in [0.3, 0.4) is 0 Å². The third-order valence-corrected chi connectivity index (χ3v) is 3.31. The van der Waals surface area contributed by atoms with Gasteiger partial charge in [0.05, 0.1) is 12.1 Å². The van der Waals surface area contributed by atoms with Crippen molar-refractivity contribution in [2.24, 2.45) is 0 Å². The fourth-order valence-corrected chi connectivity index (χ4v) is 2.29. The molecule has 0 aromatic heterocycles. The summed E-state index contributed by atoms with van der Waals surface area (Å²) in [6, 6.07) is 10.2. The van der Waals surface area contributed by atoms with Crippen LogP contribution >= 0.6 is 0 Å². The van der Waals surface area contributed by atoms with Crippen LogP contribution in [-0.4, -0.2) is 5.84 Å². The second kappa shape index (κ2) is 4.42. The van der Waals surface area contributed by atoms with Crippen LogP contribution in [0, 0.1) is 28.4 Å². The summed E-state index contributed by atoms with van der Waals surface area (Å²) in [7, 11) is 0. The maximum absolute atomic E-state index is 13.3. The Morgan fingerprint density at radius 2 is 1.95 bits per heavy atom. The van der Waals surface area contributed by atoms with Crippen molar-refractivity contribution in [2.75, 3.05) is 4.90 Å². The average Bonchev–Trinajstić information content (AvgIpc) is 2.77. The van der Waals surface area contributed by atoms with Gasteiger partial charge in [0, 0.05) is 11.3 Å². The lowest BCUT2D eigenvalue weighted by Crippen LogP contribution is -2.23. The maximum Gasteiger partial charge on any atom is 0.141 e. The molecule has 3 nitrogen and oxygen atoms in total. The summed E-state index contributed by atoms with van der Waals surface area (Å²) in [6.45, 7) is 0.408. The number of amidine groups is 1. The normalized spacial score (nSPS) is 13.2. The van der Waals surface area contributed by atoms with E-state index in [1.807, 2.05) is 0 Å². The molecule has 2 aromatic rings. The van der Waals surface area contributed by atoms with Crippen LogP contribution in [0.15, 0.2) is 36.4 Å². The lowest BCUT2D eigenvalue weighted by molar-refractivity contribution is 0.624. The van der Waals surface area contributed by atoms with E-state index in [0.29, 0.717) is 17.8 Å². The second-order valence-corrected chi connectivity index (χ2v) is 4.51. The van der Waals surface area contributed by atoms with E-state index < -0.39 is 11.6 Å². The SMILES string of the molecule is N#Cc1cc(N2Cc3ccc(F)cc3C2=N)ccc1F. The zero-order chi connectivity index (χ0) is 14.3. The van der Waals surface area contributed by atoms with E-state index in [9.17, 15) is 8.78 Å². The molecule has 0 radical (unpaired) electrons. The highest BCUT2D eigenvalue weighted by molar-refractivity contribution is 6.11. The van der Waals surface area contributed by atoms with Crippen molar-refractivity contribution < 1.29 is 8.78 Å². The standard InChI is InChI=1S/C15H9F2N3/c16-11-2-1-9-8-20(15(19)13(9)6-11)12-3-4-14(17)10(5-12)7-18/h1-6,19H,8H2. The number of nitrogens with zero attached hydrogens (tertiary/aromatic N) is 2. The predicted molar refractivity (Wildman–Crippen MR) is 70.5 cm³/mol. The Hall–Kier alpha value is -2.74. The van der Waals surface area contributed by atoms with Gasteiger partial charge in [0.15, 0.2) is 0 Å². The Bertz CT molecular complexity index is 762. The molecule has 0 aliphatic carbocycles. The Balaban J connectivity index is 2.03. The van der Waals surface area contributed by atoms with Gasteiger partial charge < -0.3 is 4.90 Å². The minimum Gasteiger partial charge on any atom is -0.322 e. The molecule has 1 aliphatic heterocycles. The van der Waals surface area contributed by atoms with E-state index in [1.54, 1.807) is 17.0 Å². The molecule has 0 fully saturated rings. The molecule has 20 heavy (non-hydrogen) atoms. The first-order valence-corrected chi connectivity index (χ1v) is 5.94. The van der Waals surface area contributed by atoms with Crippen molar-refractivity contribution in [1.29, 1.82) is 10.7 Å². The molecule has 5 heteroatoms. The summed E-state index contributed by atoms with van der Waals surface area (Å²) in [5.74, 6) is -0.840. The van der Waals surface area contributed by atoms with Crippen molar-refractivity contribution >= 4 is 11.5 Å². The number of nitrogens with one attached hydrogen (secondary N) is 1. The Morgan fingerprint density at radius 1 is 1.15 bits per heavy atom. The maximum atomic E-state index is 13.3. The van der Waals surface area contributed by atoms with Gasteiger partial charge in [-0.3, -0.25) is 5.41 Å². The fourth-order valence-electron chi connectivity index (χ4n) is 2.29. The van der Waals surface area contributed by atoms with Crippen LogP contribution in [0.5, 0.6) is 0 Å². The molecular formula is C15H9F2N3. The number of rotatable bonds is 1. The van der Waals surface area contributed by atoms with Crippen molar-refractivity contribution in [3.05, 3.63) is 64.7 Å². The minimum atomic E-state index is -0.592. The zero-order valence-corrected chi connectivity index (χ0v) is 10.3. The predicted octanol–water partition coefficient (Wildman–Crippen LogP) is 3.18. The van der Waals surface area contributed by atoms with E-state index >= 15 is 0 Å². The molecule has 98 valence electrons. The van der Waals surface area contributed by atoms with Gasteiger partial charge >= 0.3 is 0 Å².